The van der Waals surface area contributed by atoms with Gasteiger partial charge in [-0.25, -0.2) is 13.1 Å². The molecule has 1 aromatic rings. The minimum atomic E-state index is -3.90. The van der Waals surface area contributed by atoms with E-state index < -0.39 is 31.4 Å². The molecule has 0 heterocycles. The lowest BCUT2D eigenvalue weighted by Gasteiger charge is -2.09. The molecular formula is C10H15N3O5S2. The Morgan fingerprint density at radius 3 is 2.55 bits per heavy atom. The van der Waals surface area contributed by atoms with Gasteiger partial charge in [-0.05, 0) is 18.6 Å². The van der Waals surface area contributed by atoms with Gasteiger partial charge in [0.15, 0.2) is 0 Å². The summed E-state index contributed by atoms with van der Waals surface area (Å²) in [7, 11) is -5.04. The second kappa shape index (κ2) is 6.29. The van der Waals surface area contributed by atoms with Crippen molar-refractivity contribution in [2.45, 2.75) is 11.8 Å². The van der Waals surface area contributed by atoms with Gasteiger partial charge in [-0.3, -0.25) is 14.3 Å². The molecule has 10 heteroatoms. The van der Waals surface area contributed by atoms with Crippen LogP contribution in [0.4, 0.5) is 11.4 Å². The quantitative estimate of drug-likeness (QED) is 0.435. The molecule has 0 aliphatic heterocycles. The van der Waals surface area contributed by atoms with Crippen molar-refractivity contribution < 1.29 is 17.6 Å². The van der Waals surface area contributed by atoms with Gasteiger partial charge in [0.2, 0.25) is 10.0 Å². The van der Waals surface area contributed by atoms with Gasteiger partial charge in [-0.2, -0.15) is 0 Å². The van der Waals surface area contributed by atoms with Crippen LogP contribution in [0, 0.1) is 17.0 Å². The van der Waals surface area contributed by atoms with Crippen LogP contribution in [0.25, 0.3) is 0 Å². The van der Waals surface area contributed by atoms with Crippen LogP contribution in [0.15, 0.2) is 17.0 Å². The number of sulfonamides is 1. The summed E-state index contributed by atoms with van der Waals surface area (Å²) < 4.78 is 37.2. The Hall–Kier alpha value is -1.52. The fraction of sp³-hybridized carbons (Fsp3) is 0.400. The fourth-order valence-corrected chi connectivity index (χ4v) is 3.34. The Morgan fingerprint density at radius 1 is 1.45 bits per heavy atom. The molecule has 0 fully saturated rings. The lowest BCUT2D eigenvalue weighted by Crippen LogP contribution is -2.28. The number of aryl methyl sites for hydroxylation is 1. The highest BCUT2D eigenvalue weighted by molar-refractivity contribution is 7.89. The van der Waals surface area contributed by atoms with E-state index in [1.807, 2.05) is 0 Å². The number of nitrogens with one attached hydrogen (secondary N) is 1. The lowest BCUT2D eigenvalue weighted by molar-refractivity contribution is -0.384. The zero-order valence-electron chi connectivity index (χ0n) is 11.0. The molecule has 1 atom stereocenters. The summed E-state index contributed by atoms with van der Waals surface area (Å²) in [4.78, 5) is 9.84. The van der Waals surface area contributed by atoms with Gasteiger partial charge < -0.3 is 5.73 Å². The van der Waals surface area contributed by atoms with E-state index in [2.05, 4.69) is 4.72 Å². The molecule has 1 unspecified atom stereocenters. The summed E-state index contributed by atoms with van der Waals surface area (Å²) in [6.45, 7) is 1.48. The lowest BCUT2D eigenvalue weighted by atomic mass is 10.2. The normalized spacial score (nSPS) is 13.1. The first-order valence-corrected chi connectivity index (χ1v) is 8.70. The van der Waals surface area contributed by atoms with Crippen LogP contribution in [-0.2, 0) is 20.8 Å². The smallest absolute Gasteiger partial charge is 0.293 e. The molecule has 0 bridgehead atoms. The van der Waals surface area contributed by atoms with E-state index in [0.717, 1.165) is 6.07 Å². The van der Waals surface area contributed by atoms with Gasteiger partial charge in [-0.15, -0.1) is 0 Å². The van der Waals surface area contributed by atoms with Crippen molar-refractivity contribution in [3.63, 3.8) is 0 Å². The van der Waals surface area contributed by atoms with E-state index in [1.165, 1.54) is 19.2 Å². The number of nitrogens with zero attached hydrogens (tertiary/aromatic N) is 1. The third-order valence-corrected chi connectivity index (χ3v) is 4.87. The maximum absolute atomic E-state index is 12.0. The number of benzene rings is 1. The van der Waals surface area contributed by atoms with E-state index in [-0.39, 0.29) is 22.9 Å². The average Bonchev–Trinajstić information content (AvgIpc) is 2.26. The Balaban J connectivity index is 3.14. The molecule has 0 saturated carbocycles. The second-order valence-corrected chi connectivity index (χ2v) is 7.40. The largest absolute Gasteiger partial charge is 0.393 e. The summed E-state index contributed by atoms with van der Waals surface area (Å²) in [5.74, 6) is 0.162. The van der Waals surface area contributed by atoms with E-state index in [0.29, 0.717) is 5.56 Å². The topological polar surface area (TPSA) is 132 Å². The minimum Gasteiger partial charge on any atom is -0.393 e. The first-order chi connectivity index (χ1) is 9.15. The minimum absolute atomic E-state index is 0.0109. The zero-order valence-corrected chi connectivity index (χ0v) is 12.6. The third kappa shape index (κ3) is 3.99. The Kier molecular flexibility index (Phi) is 5.20. The average molecular weight is 321 g/mol. The monoisotopic (exact) mass is 321 g/mol. The number of nitrogen functional groups attached to an aromatic ring is 1. The van der Waals surface area contributed by atoms with Crippen LogP contribution < -0.4 is 10.5 Å². The van der Waals surface area contributed by atoms with Crippen molar-refractivity contribution >= 4 is 32.2 Å². The van der Waals surface area contributed by atoms with Gasteiger partial charge in [0, 0.05) is 35.4 Å². The van der Waals surface area contributed by atoms with Crippen molar-refractivity contribution in [2.75, 3.05) is 24.3 Å². The zero-order chi connectivity index (χ0) is 15.5. The van der Waals surface area contributed by atoms with Crippen molar-refractivity contribution in [1.29, 1.82) is 0 Å². The molecule has 20 heavy (non-hydrogen) atoms. The summed E-state index contributed by atoms with van der Waals surface area (Å²) in [6, 6.07) is 2.17. The number of nitrogens with two attached hydrogens (primary N) is 1. The highest BCUT2D eigenvalue weighted by atomic mass is 32.2. The molecule has 0 aromatic heterocycles. The van der Waals surface area contributed by atoms with E-state index in [1.54, 1.807) is 0 Å². The number of anilines is 1. The van der Waals surface area contributed by atoms with Gasteiger partial charge in [0.1, 0.15) is 5.69 Å². The molecule has 0 amide bonds. The van der Waals surface area contributed by atoms with Gasteiger partial charge in [-0.1, -0.05) is 0 Å². The highest BCUT2D eigenvalue weighted by Crippen LogP contribution is 2.28. The molecule has 8 nitrogen and oxygen atoms in total. The molecule has 0 saturated heterocycles. The summed E-state index contributed by atoms with van der Waals surface area (Å²) >= 11 is 0. The first kappa shape index (κ1) is 16.5. The standard InChI is InChI=1S/C10H15N3O5S2/c1-7-5-8(11)9(13(14)15)6-10(7)20(17,18)12-3-4-19(2)16/h5-6,12H,3-4,11H2,1-2H3. The fourth-order valence-electron chi connectivity index (χ4n) is 1.54. The van der Waals surface area contributed by atoms with E-state index in [9.17, 15) is 22.7 Å². The number of nitro groups is 1. The number of nitro benzene ring substituents is 1. The molecule has 0 aliphatic rings. The van der Waals surface area contributed by atoms with Crippen molar-refractivity contribution in [1.82, 2.24) is 4.72 Å². The molecule has 3 N–H and O–H groups in total. The molecule has 0 radical (unpaired) electrons. The molecule has 0 aliphatic carbocycles. The predicted molar refractivity (Wildman–Crippen MR) is 76.4 cm³/mol. The summed E-state index contributed by atoms with van der Waals surface area (Å²) in [5, 5.41) is 10.8. The highest BCUT2D eigenvalue weighted by Gasteiger charge is 2.22. The van der Waals surface area contributed by atoms with E-state index in [4.69, 9.17) is 5.73 Å². The van der Waals surface area contributed by atoms with Crippen LogP contribution in [0.2, 0.25) is 0 Å². The van der Waals surface area contributed by atoms with Crippen molar-refractivity contribution in [2.24, 2.45) is 0 Å². The van der Waals surface area contributed by atoms with Crippen LogP contribution in [0.1, 0.15) is 5.56 Å². The third-order valence-electron chi connectivity index (χ3n) is 2.49. The SMILES string of the molecule is Cc1cc(N)c([N+](=O)[O-])cc1S(=O)(=O)NCCS(C)=O. The van der Waals surface area contributed by atoms with Crippen LogP contribution in [0.3, 0.4) is 0 Å². The van der Waals surface area contributed by atoms with Crippen LogP contribution >= 0.6 is 0 Å². The van der Waals surface area contributed by atoms with Crippen molar-refractivity contribution in [3.8, 4) is 0 Å². The predicted octanol–water partition coefficient (Wildman–Crippen LogP) is 0.142. The first-order valence-electron chi connectivity index (χ1n) is 5.49. The Morgan fingerprint density at radius 2 is 2.05 bits per heavy atom. The van der Waals surface area contributed by atoms with E-state index >= 15 is 0 Å². The maximum Gasteiger partial charge on any atom is 0.293 e. The van der Waals surface area contributed by atoms with Crippen molar-refractivity contribution in [3.05, 3.63) is 27.8 Å². The number of rotatable bonds is 6. The van der Waals surface area contributed by atoms with Crippen LogP contribution in [-0.4, -0.2) is 36.1 Å². The Bertz CT molecular complexity index is 657. The number of hydrogen-bond acceptors (Lipinski definition) is 6. The summed E-state index contributed by atoms with van der Waals surface area (Å²) in [5.41, 5.74) is 5.22. The molecule has 1 aromatic carbocycles. The number of hydrogen-bond donors (Lipinski definition) is 2. The van der Waals surface area contributed by atoms with Gasteiger partial charge in [0.25, 0.3) is 5.69 Å². The van der Waals surface area contributed by atoms with Gasteiger partial charge in [0.05, 0.1) is 9.82 Å². The second-order valence-electron chi connectivity index (χ2n) is 4.11. The molecular weight excluding hydrogens is 306 g/mol. The maximum atomic E-state index is 12.0. The van der Waals surface area contributed by atoms with Gasteiger partial charge >= 0.3 is 0 Å². The Labute approximate surface area is 119 Å². The molecule has 0 spiro atoms. The van der Waals surface area contributed by atoms with Crippen LogP contribution in [0.5, 0.6) is 0 Å². The molecule has 112 valence electrons. The molecule has 1 rings (SSSR count). The summed E-state index contributed by atoms with van der Waals surface area (Å²) in [6.07, 6.45) is 1.45.